The number of piperidine rings is 1. The van der Waals surface area contributed by atoms with Crippen LogP contribution in [0.5, 0.6) is 0 Å². The van der Waals surface area contributed by atoms with E-state index in [1.54, 1.807) is 12.3 Å². The van der Waals surface area contributed by atoms with E-state index < -0.39 is 0 Å². The lowest BCUT2D eigenvalue weighted by molar-refractivity contribution is 0.0299. The third-order valence-electron chi connectivity index (χ3n) is 7.84. The zero-order chi connectivity index (χ0) is 22.9. The number of nitrogens with one attached hydrogen (secondary N) is 1. The van der Waals surface area contributed by atoms with E-state index in [0.717, 1.165) is 69.9 Å². The number of nitrogens with zero attached hydrogens (tertiary/aromatic N) is 6. The zero-order valence-electron chi connectivity index (χ0n) is 19.9. The van der Waals surface area contributed by atoms with E-state index in [1.165, 1.54) is 32.5 Å². The smallest absolute Gasteiger partial charge is 0.270 e. The number of likely N-dealkylation sites (tertiary alicyclic amines) is 2. The van der Waals surface area contributed by atoms with E-state index in [9.17, 15) is 4.79 Å². The van der Waals surface area contributed by atoms with Crippen molar-refractivity contribution in [2.75, 3.05) is 57.3 Å². The summed E-state index contributed by atoms with van der Waals surface area (Å²) in [6.07, 6.45) is 9.24. The molecule has 0 spiro atoms. The van der Waals surface area contributed by atoms with Gasteiger partial charge in [0.1, 0.15) is 11.2 Å². The van der Waals surface area contributed by atoms with Gasteiger partial charge in [-0.15, -0.1) is 0 Å². The Hall–Kier alpha value is -2.36. The van der Waals surface area contributed by atoms with Gasteiger partial charge in [0.15, 0.2) is 0 Å². The van der Waals surface area contributed by atoms with Gasteiger partial charge >= 0.3 is 0 Å². The van der Waals surface area contributed by atoms with Crippen LogP contribution in [-0.2, 0) is 4.74 Å². The first-order valence-corrected chi connectivity index (χ1v) is 13.0. The molecule has 0 aliphatic carbocycles. The van der Waals surface area contributed by atoms with Crippen LogP contribution < -0.4 is 10.2 Å². The molecule has 182 valence electrons. The van der Waals surface area contributed by atoms with E-state index in [2.05, 4.69) is 30.0 Å². The van der Waals surface area contributed by atoms with Crippen LogP contribution in [0.15, 0.2) is 18.3 Å². The van der Waals surface area contributed by atoms with Gasteiger partial charge < -0.3 is 24.8 Å². The van der Waals surface area contributed by atoms with Crippen molar-refractivity contribution in [3.63, 3.8) is 0 Å². The number of ether oxygens (including phenoxy) is 1. The van der Waals surface area contributed by atoms with Gasteiger partial charge in [-0.05, 0) is 63.7 Å². The molecule has 9 nitrogen and oxygen atoms in total. The molecular weight excluding hydrogens is 430 g/mol. The highest BCUT2D eigenvalue weighted by atomic mass is 16.5. The second-order valence-corrected chi connectivity index (χ2v) is 10.3. The molecule has 0 saturated carbocycles. The second kappa shape index (κ2) is 9.71. The Kier molecular flexibility index (Phi) is 6.32. The molecule has 0 radical (unpaired) electrons. The molecule has 1 amide bonds. The molecular formula is C25H35N7O2. The van der Waals surface area contributed by atoms with Gasteiger partial charge in [-0.25, -0.2) is 15.0 Å². The highest BCUT2D eigenvalue weighted by molar-refractivity contribution is 5.94. The van der Waals surface area contributed by atoms with Crippen LogP contribution >= 0.6 is 0 Å². The summed E-state index contributed by atoms with van der Waals surface area (Å²) in [5.74, 6) is 0.620. The topological polar surface area (TPSA) is 86.7 Å². The van der Waals surface area contributed by atoms with Crippen LogP contribution in [0, 0.1) is 0 Å². The molecule has 34 heavy (non-hydrogen) atoms. The monoisotopic (exact) mass is 465 g/mol. The fourth-order valence-corrected chi connectivity index (χ4v) is 5.82. The Labute approximate surface area is 200 Å². The SMILES string of the molecule is O=C(NC1CCN(CCN2CCCC2)CC1)c1ccc2nc(N3CC4CCC(C3)O4)ncc2n1. The number of hydrogen-bond donors (Lipinski definition) is 1. The van der Waals surface area contributed by atoms with Gasteiger partial charge in [0, 0.05) is 45.3 Å². The predicted octanol–water partition coefficient (Wildman–Crippen LogP) is 1.68. The van der Waals surface area contributed by atoms with Crippen molar-refractivity contribution in [1.82, 2.24) is 30.1 Å². The summed E-state index contributed by atoms with van der Waals surface area (Å²) in [6, 6.07) is 3.88. The van der Waals surface area contributed by atoms with Crippen LogP contribution in [0.3, 0.4) is 0 Å². The van der Waals surface area contributed by atoms with Crippen molar-refractivity contribution in [2.45, 2.75) is 56.8 Å². The van der Waals surface area contributed by atoms with Crippen molar-refractivity contribution in [3.05, 3.63) is 24.0 Å². The van der Waals surface area contributed by atoms with Gasteiger partial charge in [-0.2, -0.15) is 0 Å². The number of morpholine rings is 1. The number of fused-ring (bicyclic) bond motifs is 3. The average molecular weight is 466 g/mol. The van der Waals surface area contributed by atoms with Gasteiger partial charge in [-0.3, -0.25) is 4.79 Å². The number of aromatic nitrogens is 3. The van der Waals surface area contributed by atoms with Crippen molar-refractivity contribution < 1.29 is 9.53 Å². The minimum absolute atomic E-state index is 0.105. The van der Waals surface area contributed by atoms with Crippen molar-refractivity contribution in [3.8, 4) is 0 Å². The summed E-state index contributed by atoms with van der Waals surface area (Å²) in [7, 11) is 0. The summed E-state index contributed by atoms with van der Waals surface area (Å²) in [4.78, 5) is 34.0. The minimum Gasteiger partial charge on any atom is -0.371 e. The van der Waals surface area contributed by atoms with Gasteiger partial charge in [0.2, 0.25) is 5.95 Å². The number of carbonyl (C=O) groups excluding carboxylic acids is 1. The summed E-state index contributed by atoms with van der Waals surface area (Å²) in [6.45, 7) is 8.60. The molecule has 0 aromatic carbocycles. The van der Waals surface area contributed by atoms with Gasteiger partial charge in [-0.1, -0.05) is 0 Å². The highest BCUT2D eigenvalue weighted by Gasteiger charge is 2.34. The first-order chi connectivity index (χ1) is 16.7. The van der Waals surface area contributed by atoms with Crippen LogP contribution in [0.1, 0.15) is 49.0 Å². The van der Waals surface area contributed by atoms with E-state index in [4.69, 9.17) is 9.72 Å². The van der Waals surface area contributed by atoms with Crippen LogP contribution in [0.2, 0.25) is 0 Å². The van der Waals surface area contributed by atoms with E-state index in [1.807, 2.05) is 6.07 Å². The number of carbonyl (C=O) groups is 1. The average Bonchev–Trinajstić information content (AvgIpc) is 3.51. The Morgan fingerprint density at radius 2 is 1.62 bits per heavy atom. The normalized spacial score (nSPS) is 26.4. The van der Waals surface area contributed by atoms with E-state index in [-0.39, 0.29) is 11.9 Å². The summed E-state index contributed by atoms with van der Waals surface area (Å²) >= 11 is 0. The van der Waals surface area contributed by atoms with Crippen molar-refractivity contribution in [1.29, 1.82) is 0 Å². The van der Waals surface area contributed by atoms with Crippen LogP contribution in [0.4, 0.5) is 5.95 Å². The molecule has 2 unspecified atom stereocenters. The highest BCUT2D eigenvalue weighted by Crippen LogP contribution is 2.28. The van der Waals surface area contributed by atoms with Crippen LogP contribution in [-0.4, -0.2) is 101 Å². The molecule has 2 aromatic rings. The third-order valence-corrected chi connectivity index (χ3v) is 7.84. The first-order valence-electron chi connectivity index (χ1n) is 13.0. The van der Waals surface area contributed by atoms with E-state index >= 15 is 0 Å². The fourth-order valence-electron chi connectivity index (χ4n) is 5.82. The number of anilines is 1. The lowest BCUT2D eigenvalue weighted by Crippen LogP contribution is -2.46. The summed E-state index contributed by atoms with van der Waals surface area (Å²) in [5.41, 5.74) is 1.86. The van der Waals surface area contributed by atoms with E-state index in [0.29, 0.717) is 23.4 Å². The predicted molar refractivity (Wildman–Crippen MR) is 130 cm³/mol. The maximum atomic E-state index is 12.9. The molecule has 2 atom stereocenters. The molecule has 4 fully saturated rings. The number of rotatable bonds is 6. The zero-order valence-corrected chi connectivity index (χ0v) is 19.9. The first kappa shape index (κ1) is 22.1. The summed E-state index contributed by atoms with van der Waals surface area (Å²) in [5, 5.41) is 3.20. The Morgan fingerprint density at radius 3 is 2.35 bits per heavy atom. The number of pyridine rings is 1. The Balaban J connectivity index is 1.03. The maximum absolute atomic E-state index is 12.9. The van der Waals surface area contributed by atoms with Gasteiger partial charge in [0.05, 0.1) is 23.9 Å². The molecule has 6 heterocycles. The molecule has 1 N–H and O–H groups in total. The minimum atomic E-state index is -0.105. The second-order valence-electron chi connectivity index (χ2n) is 10.3. The number of amides is 1. The quantitative estimate of drug-likeness (QED) is 0.690. The lowest BCUT2D eigenvalue weighted by atomic mass is 10.0. The molecule has 6 rings (SSSR count). The molecule has 4 saturated heterocycles. The molecule has 9 heteroatoms. The number of hydrogen-bond acceptors (Lipinski definition) is 8. The van der Waals surface area contributed by atoms with Gasteiger partial charge in [0.25, 0.3) is 5.91 Å². The standard InChI is InChI=1S/C25H35N7O2/c33-24(27-18-7-11-31(12-8-18)14-13-30-9-1-2-10-30)22-6-5-21-23(28-22)15-26-25(29-21)32-16-19-3-4-20(17-32)34-19/h5-6,15,18-20H,1-4,7-14,16-17H2,(H,27,33). The fraction of sp³-hybridized carbons (Fsp3) is 0.680. The van der Waals surface area contributed by atoms with Crippen LogP contribution in [0.25, 0.3) is 11.0 Å². The Bertz CT molecular complexity index is 1010. The molecule has 4 aliphatic rings. The Morgan fingerprint density at radius 1 is 0.912 bits per heavy atom. The van der Waals surface area contributed by atoms with Crippen molar-refractivity contribution >= 4 is 22.9 Å². The van der Waals surface area contributed by atoms with Crippen molar-refractivity contribution in [2.24, 2.45) is 0 Å². The lowest BCUT2D eigenvalue weighted by Gasteiger charge is -2.33. The summed E-state index contributed by atoms with van der Waals surface area (Å²) < 4.78 is 5.92. The largest absolute Gasteiger partial charge is 0.371 e. The maximum Gasteiger partial charge on any atom is 0.270 e. The molecule has 4 aliphatic heterocycles. The molecule has 2 aromatic heterocycles. The third kappa shape index (κ3) is 4.87. The molecule has 2 bridgehead atoms.